The lowest BCUT2D eigenvalue weighted by atomic mass is 9.99. The summed E-state index contributed by atoms with van der Waals surface area (Å²) in [5.74, 6) is 3.64. The standard InChI is InChI=1S/3C8H14O2/c3*1-5-3-9-8-6(2)4-10-7(5)8/h3*5-8H,3-4H2,1-2H3/t5-,6+,7-,8-;5-,6-,7+,8+;5-,6-,7-,8-/m101/s1. The normalized spacial score (nSPS) is 53.4. The van der Waals surface area contributed by atoms with E-state index in [9.17, 15) is 0 Å². The summed E-state index contributed by atoms with van der Waals surface area (Å²) in [5.41, 5.74) is 0. The highest BCUT2D eigenvalue weighted by Gasteiger charge is 2.45. The van der Waals surface area contributed by atoms with Crippen molar-refractivity contribution in [3.63, 3.8) is 0 Å². The molecule has 0 aromatic carbocycles. The van der Waals surface area contributed by atoms with E-state index in [2.05, 4.69) is 41.5 Å². The van der Waals surface area contributed by atoms with Crippen LogP contribution in [0.1, 0.15) is 41.5 Å². The second kappa shape index (κ2) is 9.72. The molecule has 6 saturated heterocycles. The molecule has 0 amide bonds. The lowest BCUT2D eigenvalue weighted by molar-refractivity contribution is 0.0627. The Morgan fingerprint density at radius 3 is 0.567 bits per heavy atom. The maximum absolute atomic E-state index is 5.58. The van der Waals surface area contributed by atoms with Crippen LogP contribution in [-0.4, -0.2) is 76.3 Å². The van der Waals surface area contributed by atoms with Gasteiger partial charge in [-0.1, -0.05) is 41.5 Å². The maximum Gasteiger partial charge on any atom is 0.0887 e. The summed E-state index contributed by atoms with van der Waals surface area (Å²) < 4.78 is 33.5. The molecule has 6 heterocycles. The fourth-order valence-corrected chi connectivity index (χ4v) is 5.64. The van der Waals surface area contributed by atoms with Gasteiger partial charge in [-0.3, -0.25) is 0 Å². The first-order valence-corrected chi connectivity index (χ1v) is 12.1. The highest BCUT2D eigenvalue weighted by Crippen LogP contribution is 2.35. The Hall–Kier alpha value is -0.240. The van der Waals surface area contributed by atoms with Gasteiger partial charge in [-0.05, 0) is 0 Å². The molecule has 30 heavy (non-hydrogen) atoms. The molecule has 0 N–H and O–H groups in total. The number of fused-ring (bicyclic) bond motifs is 3. The summed E-state index contributed by atoms with van der Waals surface area (Å²) in [6.45, 7) is 18.5. The molecule has 0 unspecified atom stereocenters. The van der Waals surface area contributed by atoms with Gasteiger partial charge in [-0.25, -0.2) is 0 Å². The van der Waals surface area contributed by atoms with Gasteiger partial charge >= 0.3 is 0 Å². The van der Waals surface area contributed by atoms with Crippen molar-refractivity contribution >= 4 is 0 Å². The van der Waals surface area contributed by atoms with E-state index < -0.39 is 0 Å². The second-order valence-electron chi connectivity index (χ2n) is 10.7. The minimum absolute atomic E-state index is 0.398. The van der Waals surface area contributed by atoms with Crippen LogP contribution in [0.2, 0.25) is 0 Å². The first-order valence-electron chi connectivity index (χ1n) is 12.1. The van der Waals surface area contributed by atoms with Crippen LogP contribution in [0.25, 0.3) is 0 Å². The van der Waals surface area contributed by atoms with Gasteiger partial charge in [0.15, 0.2) is 0 Å². The van der Waals surface area contributed by atoms with Gasteiger partial charge in [0.05, 0.1) is 76.3 Å². The molecule has 12 atom stereocenters. The van der Waals surface area contributed by atoms with Crippen molar-refractivity contribution in [3.05, 3.63) is 0 Å². The molecule has 6 rings (SSSR count). The second-order valence-corrected chi connectivity index (χ2v) is 10.7. The number of ether oxygens (including phenoxy) is 6. The van der Waals surface area contributed by atoms with Crippen LogP contribution in [0.4, 0.5) is 0 Å². The van der Waals surface area contributed by atoms with Crippen LogP contribution >= 0.6 is 0 Å². The molecular formula is C24H42O6. The van der Waals surface area contributed by atoms with Gasteiger partial charge in [0.25, 0.3) is 0 Å². The number of rotatable bonds is 0. The molecule has 6 aliphatic rings. The van der Waals surface area contributed by atoms with Crippen molar-refractivity contribution in [1.82, 2.24) is 0 Å². The lowest BCUT2D eigenvalue weighted by Crippen LogP contribution is -2.23. The molecule has 0 spiro atoms. The molecule has 0 aliphatic carbocycles. The maximum atomic E-state index is 5.58. The van der Waals surface area contributed by atoms with Crippen molar-refractivity contribution < 1.29 is 28.4 Å². The monoisotopic (exact) mass is 426 g/mol. The van der Waals surface area contributed by atoms with Crippen LogP contribution in [0.5, 0.6) is 0 Å². The van der Waals surface area contributed by atoms with Crippen LogP contribution in [0.3, 0.4) is 0 Å². The molecule has 6 aliphatic heterocycles. The lowest BCUT2D eigenvalue weighted by Gasteiger charge is -2.10. The smallest absolute Gasteiger partial charge is 0.0887 e. The van der Waals surface area contributed by atoms with Crippen molar-refractivity contribution in [2.24, 2.45) is 35.5 Å². The Labute approximate surface area is 182 Å². The average Bonchev–Trinajstić information content (AvgIpc) is 3.52. The third-order valence-corrected chi connectivity index (χ3v) is 7.65. The minimum Gasteiger partial charge on any atom is -0.375 e. The summed E-state index contributed by atoms with van der Waals surface area (Å²) in [6, 6.07) is 0. The van der Waals surface area contributed by atoms with E-state index in [4.69, 9.17) is 28.4 Å². The van der Waals surface area contributed by atoms with Crippen molar-refractivity contribution in [1.29, 1.82) is 0 Å². The minimum atomic E-state index is 0.398. The van der Waals surface area contributed by atoms with E-state index in [1.807, 2.05) is 0 Å². The predicted molar refractivity (Wildman–Crippen MR) is 113 cm³/mol. The first kappa shape index (κ1) is 22.9. The molecule has 0 radical (unpaired) electrons. The summed E-state index contributed by atoms with van der Waals surface area (Å²) >= 11 is 0. The topological polar surface area (TPSA) is 55.4 Å². The third-order valence-electron chi connectivity index (χ3n) is 7.65. The van der Waals surface area contributed by atoms with Gasteiger partial charge in [0.2, 0.25) is 0 Å². The molecule has 0 aromatic rings. The Balaban J connectivity index is 0.000000109. The van der Waals surface area contributed by atoms with Crippen molar-refractivity contribution in [3.8, 4) is 0 Å². The molecule has 0 saturated carbocycles. The van der Waals surface area contributed by atoms with E-state index in [-0.39, 0.29) is 0 Å². The van der Waals surface area contributed by atoms with Crippen LogP contribution < -0.4 is 0 Å². The first-order chi connectivity index (χ1) is 14.4. The van der Waals surface area contributed by atoms with E-state index in [1.165, 1.54) is 0 Å². The van der Waals surface area contributed by atoms with Gasteiger partial charge in [0, 0.05) is 35.5 Å². The Kier molecular flexibility index (Phi) is 7.43. The Bertz CT molecular complexity index is 434. The largest absolute Gasteiger partial charge is 0.375 e. The van der Waals surface area contributed by atoms with E-state index in [1.54, 1.807) is 0 Å². The molecule has 6 fully saturated rings. The number of hydrogen-bond donors (Lipinski definition) is 0. The van der Waals surface area contributed by atoms with Gasteiger partial charge in [0.1, 0.15) is 0 Å². The predicted octanol–water partition coefficient (Wildman–Crippen LogP) is 3.17. The Morgan fingerprint density at radius 2 is 0.433 bits per heavy atom. The fourth-order valence-electron chi connectivity index (χ4n) is 5.64. The fraction of sp³-hybridized carbons (Fsp3) is 1.00. The van der Waals surface area contributed by atoms with Crippen molar-refractivity contribution in [2.75, 3.05) is 39.6 Å². The van der Waals surface area contributed by atoms with E-state index in [0.717, 1.165) is 39.6 Å². The quantitative estimate of drug-likeness (QED) is 0.593. The summed E-state index contributed by atoms with van der Waals surface area (Å²) in [5, 5.41) is 0. The van der Waals surface area contributed by atoms with Gasteiger partial charge in [-0.15, -0.1) is 0 Å². The number of hydrogen-bond acceptors (Lipinski definition) is 6. The van der Waals surface area contributed by atoms with Crippen LogP contribution in [0, 0.1) is 35.5 Å². The SMILES string of the molecule is C[C@@H]1CO[C@H]2[C@@H]1OC[C@@H]2C.C[C@@H]1CO[C@H]2[C@@H]1OC[C@H]2C.C[C@H]1CO[C@H]2[C@@H]1OC[C@@H]2C. The highest BCUT2D eigenvalue weighted by molar-refractivity contribution is 4.91. The molecule has 6 heteroatoms. The highest BCUT2D eigenvalue weighted by atomic mass is 16.6. The zero-order valence-electron chi connectivity index (χ0n) is 19.6. The molecule has 6 nitrogen and oxygen atoms in total. The molecule has 0 bridgehead atoms. The zero-order valence-corrected chi connectivity index (χ0v) is 19.6. The molecule has 174 valence electrons. The van der Waals surface area contributed by atoms with Crippen LogP contribution in [-0.2, 0) is 28.4 Å². The third kappa shape index (κ3) is 4.60. The van der Waals surface area contributed by atoms with Gasteiger partial charge < -0.3 is 28.4 Å². The van der Waals surface area contributed by atoms with E-state index >= 15 is 0 Å². The summed E-state index contributed by atoms with van der Waals surface area (Å²) in [7, 11) is 0. The Morgan fingerprint density at radius 1 is 0.300 bits per heavy atom. The average molecular weight is 427 g/mol. The summed E-state index contributed by atoms with van der Waals surface area (Å²) in [6.07, 6.45) is 2.39. The zero-order chi connectivity index (χ0) is 21.4. The molecular weight excluding hydrogens is 384 g/mol. The van der Waals surface area contributed by atoms with E-state index in [0.29, 0.717) is 72.1 Å². The van der Waals surface area contributed by atoms with Gasteiger partial charge in [-0.2, -0.15) is 0 Å². The van der Waals surface area contributed by atoms with Crippen molar-refractivity contribution in [2.45, 2.75) is 78.2 Å². The molecule has 0 aromatic heterocycles. The summed E-state index contributed by atoms with van der Waals surface area (Å²) in [4.78, 5) is 0. The van der Waals surface area contributed by atoms with Crippen LogP contribution in [0.15, 0.2) is 0 Å².